The minimum atomic E-state index is -0.381. The summed E-state index contributed by atoms with van der Waals surface area (Å²) in [5, 5.41) is 12.8. The van der Waals surface area contributed by atoms with E-state index in [0.29, 0.717) is 18.9 Å². The number of hydrogen-bond acceptors (Lipinski definition) is 2. The normalized spacial score (nSPS) is 18.5. The van der Waals surface area contributed by atoms with Crippen molar-refractivity contribution in [1.82, 2.24) is 10.2 Å². The molecule has 4 nitrogen and oxygen atoms in total. The van der Waals surface area contributed by atoms with Gasteiger partial charge < -0.3 is 15.3 Å². The molecule has 1 aliphatic heterocycles. The number of likely N-dealkylation sites (tertiary alicyclic amines) is 1. The maximum absolute atomic E-state index is 12.4. The molecular formula is C20H32N2O2. The highest BCUT2D eigenvalue weighted by Crippen LogP contribution is 2.25. The summed E-state index contributed by atoms with van der Waals surface area (Å²) in [7, 11) is 0. The van der Waals surface area contributed by atoms with Crippen LogP contribution in [0.25, 0.3) is 0 Å². The number of nitrogens with zero attached hydrogens (tertiary/aromatic N) is 1. The summed E-state index contributed by atoms with van der Waals surface area (Å²) >= 11 is 0. The van der Waals surface area contributed by atoms with E-state index in [2.05, 4.69) is 31.3 Å². The fourth-order valence-electron chi connectivity index (χ4n) is 3.57. The van der Waals surface area contributed by atoms with Crippen molar-refractivity contribution in [3.63, 3.8) is 0 Å². The first-order chi connectivity index (χ1) is 11.5. The first kappa shape index (κ1) is 18.8. The van der Waals surface area contributed by atoms with Gasteiger partial charge in [0.25, 0.3) is 0 Å². The Labute approximate surface area is 146 Å². The molecule has 1 heterocycles. The van der Waals surface area contributed by atoms with Crippen molar-refractivity contribution in [1.29, 1.82) is 0 Å². The Hall–Kier alpha value is -1.55. The van der Waals surface area contributed by atoms with Gasteiger partial charge in [0.1, 0.15) is 0 Å². The molecule has 1 fully saturated rings. The third-order valence-electron chi connectivity index (χ3n) is 5.17. The number of benzene rings is 1. The second-order valence-corrected chi connectivity index (χ2v) is 7.45. The van der Waals surface area contributed by atoms with Crippen molar-refractivity contribution in [2.75, 3.05) is 19.6 Å². The van der Waals surface area contributed by atoms with Gasteiger partial charge in [-0.3, -0.25) is 0 Å². The molecule has 2 rings (SSSR count). The highest BCUT2D eigenvalue weighted by Gasteiger charge is 2.25. The summed E-state index contributed by atoms with van der Waals surface area (Å²) in [5.74, 6) is 1.58. The average Bonchev–Trinajstić information content (AvgIpc) is 2.59. The molecular weight excluding hydrogens is 300 g/mol. The van der Waals surface area contributed by atoms with Crippen LogP contribution in [0.2, 0.25) is 0 Å². The smallest absolute Gasteiger partial charge is 0.317 e. The van der Waals surface area contributed by atoms with E-state index in [4.69, 9.17) is 0 Å². The summed E-state index contributed by atoms with van der Waals surface area (Å²) in [4.78, 5) is 14.4. The van der Waals surface area contributed by atoms with Gasteiger partial charge in [0.2, 0.25) is 0 Å². The number of carbonyl (C=O) groups is 1. The van der Waals surface area contributed by atoms with E-state index >= 15 is 0 Å². The van der Waals surface area contributed by atoms with Crippen LogP contribution in [0.3, 0.4) is 0 Å². The van der Waals surface area contributed by atoms with Crippen LogP contribution in [0.1, 0.15) is 51.5 Å². The Morgan fingerprint density at radius 2 is 1.83 bits per heavy atom. The third-order valence-corrected chi connectivity index (χ3v) is 5.17. The number of aliphatic hydroxyl groups is 1. The van der Waals surface area contributed by atoms with E-state index in [1.165, 1.54) is 0 Å². The number of amides is 2. The number of piperidine rings is 1. The maximum Gasteiger partial charge on any atom is 0.317 e. The Bertz CT molecular complexity index is 494. The van der Waals surface area contributed by atoms with Crippen molar-refractivity contribution in [3.05, 3.63) is 35.9 Å². The van der Waals surface area contributed by atoms with Crippen molar-refractivity contribution in [2.45, 2.75) is 52.1 Å². The SMILES string of the molecule is CC(O)CC(CNC(=O)N1CCC(C(C)C)CC1)c1ccccc1. The van der Waals surface area contributed by atoms with Gasteiger partial charge in [0, 0.05) is 25.6 Å². The number of nitrogens with one attached hydrogen (secondary N) is 1. The van der Waals surface area contributed by atoms with Crippen LogP contribution in [0.15, 0.2) is 30.3 Å². The van der Waals surface area contributed by atoms with Gasteiger partial charge in [0.15, 0.2) is 0 Å². The molecule has 1 aromatic rings. The molecule has 0 aliphatic carbocycles. The van der Waals surface area contributed by atoms with E-state index in [0.717, 1.165) is 37.4 Å². The largest absolute Gasteiger partial charge is 0.393 e. The molecule has 0 aromatic heterocycles. The predicted octanol–water partition coefficient (Wildman–Crippen LogP) is 3.62. The summed E-state index contributed by atoms with van der Waals surface area (Å²) in [6.45, 7) is 8.59. The van der Waals surface area contributed by atoms with Gasteiger partial charge in [-0.05, 0) is 43.6 Å². The highest BCUT2D eigenvalue weighted by molar-refractivity contribution is 5.74. The zero-order valence-corrected chi connectivity index (χ0v) is 15.2. The van der Waals surface area contributed by atoms with Crippen LogP contribution in [0, 0.1) is 11.8 Å². The first-order valence-corrected chi connectivity index (χ1v) is 9.23. The Morgan fingerprint density at radius 3 is 2.38 bits per heavy atom. The minimum Gasteiger partial charge on any atom is -0.393 e. The fraction of sp³-hybridized carbons (Fsp3) is 0.650. The standard InChI is InChI=1S/C20H32N2O2/c1-15(2)17-9-11-22(12-10-17)20(24)21-14-19(13-16(3)23)18-7-5-4-6-8-18/h4-8,15-17,19,23H,9-14H2,1-3H3,(H,21,24). The first-order valence-electron chi connectivity index (χ1n) is 9.23. The Morgan fingerprint density at radius 1 is 1.21 bits per heavy atom. The molecule has 134 valence electrons. The zero-order valence-electron chi connectivity index (χ0n) is 15.2. The lowest BCUT2D eigenvalue weighted by Crippen LogP contribution is -2.46. The van der Waals surface area contributed by atoms with Crippen molar-refractivity contribution >= 4 is 6.03 Å². The molecule has 2 amide bonds. The lowest BCUT2D eigenvalue weighted by molar-refractivity contribution is 0.153. The summed E-state index contributed by atoms with van der Waals surface area (Å²) < 4.78 is 0. The summed E-state index contributed by atoms with van der Waals surface area (Å²) in [5.41, 5.74) is 1.16. The Balaban J connectivity index is 1.86. The van der Waals surface area contributed by atoms with E-state index in [-0.39, 0.29) is 18.1 Å². The van der Waals surface area contributed by atoms with Gasteiger partial charge in [0.05, 0.1) is 6.10 Å². The second kappa shape index (κ2) is 9.07. The van der Waals surface area contributed by atoms with Gasteiger partial charge in [-0.1, -0.05) is 44.2 Å². The number of carbonyl (C=O) groups excluding carboxylic acids is 1. The van der Waals surface area contributed by atoms with Gasteiger partial charge in [-0.2, -0.15) is 0 Å². The predicted molar refractivity (Wildman–Crippen MR) is 98.0 cm³/mol. The summed E-state index contributed by atoms with van der Waals surface area (Å²) in [6.07, 6.45) is 2.47. The minimum absolute atomic E-state index is 0.0312. The molecule has 0 spiro atoms. The number of aliphatic hydroxyl groups excluding tert-OH is 1. The van der Waals surface area contributed by atoms with Crippen LogP contribution in [0.4, 0.5) is 4.79 Å². The number of urea groups is 1. The van der Waals surface area contributed by atoms with Crippen LogP contribution < -0.4 is 5.32 Å². The van der Waals surface area contributed by atoms with Gasteiger partial charge in [-0.15, -0.1) is 0 Å². The maximum atomic E-state index is 12.4. The van der Waals surface area contributed by atoms with Crippen molar-refractivity contribution < 1.29 is 9.90 Å². The molecule has 1 aromatic carbocycles. The topological polar surface area (TPSA) is 52.6 Å². The molecule has 0 saturated carbocycles. The molecule has 24 heavy (non-hydrogen) atoms. The van der Waals surface area contributed by atoms with E-state index < -0.39 is 0 Å². The number of rotatable bonds is 6. The molecule has 0 bridgehead atoms. The van der Waals surface area contributed by atoms with Crippen LogP contribution in [-0.4, -0.2) is 41.8 Å². The third kappa shape index (κ3) is 5.52. The molecule has 1 saturated heterocycles. The fourth-order valence-corrected chi connectivity index (χ4v) is 3.57. The molecule has 2 atom stereocenters. The van der Waals surface area contributed by atoms with Gasteiger partial charge in [-0.25, -0.2) is 4.79 Å². The lowest BCUT2D eigenvalue weighted by Gasteiger charge is -2.34. The lowest BCUT2D eigenvalue weighted by atomic mass is 9.87. The van der Waals surface area contributed by atoms with Crippen LogP contribution >= 0.6 is 0 Å². The Kier molecular flexibility index (Phi) is 7.10. The molecule has 2 N–H and O–H groups in total. The van der Waals surface area contributed by atoms with Crippen molar-refractivity contribution in [2.24, 2.45) is 11.8 Å². The van der Waals surface area contributed by atoms with Crippen LogP contribution in [0.5, 0.6) is 0 Å². The molecule has 0 radical (unpaired) electrons. The molecule has 1 aliphatic rings. The second-order valence-electron chi connectivity index (χ2n) is 7.45. The quantitative estimate of drug-likeness (QED) is 0.836. The van der Waals surface area contributed by atoms with E-state index in [1.807, 2.05) is 23.1 Å². The summed E-state index contributed by atoms with van der Waals surface area (Å²) in [6, 6.07) is 10.1. The van der Waals surface area contributed by atoms with Crippen LogP contribution in [-0.2, 0) is 0 Å². The average molecular weight is 332 g/mol. The van der Waals surface area contributed by atoms with E-state index in [9.17, 15) is 9.90 Å². The van der Waals surface area contributed by atoms with E-state index in [1.54, 1.807) is 6.92 Å². The molecule has 2 unspecified atom stereocenters. The highest BCUT2D eigenvalue weighted by atomic mass is 16.3. The number of hydrogen-bond donors (Lipinski definition) is 2. The van der Waals surface area contributed by atoms with Gasteiger partial charge >= 0.3 is 6.03 Å². The molecule has 4 heteroatoms. The zero-order chi connectivity index (χ0) is 17.5. The van der Waals surface area contributed by atoms with Crippen molar-refractivity contribution in [3.8, 4) is 0 Å². The monoisotopic (exact) mass is 332 g/mol.